The molecule has 1 aliphatic rings. The van der Waals surface area contributed by atoms with E-state index >= 15 is 0 Å². The molecule has 1 heterocycles. The zero-order valence-electron chi connectivity index (χ0n) is 16.2. The Labute approximate surface area is 170 Å². The number of ether oxygens (including phenoxy) is 3. The van der Waals surface area contributed by atoms with Crippen molar-refractivity contribution in [3.05, 3.63) is 60.2 Å². The molecule has 0 atom stereocenters. The molecule has 3 aromatic carbocycles. The molecule has 0 aromatic heterocycles. The zero-order valence-corrected chi connectivity index (χ0v) is 17.0. The third-order valence-electron chi connectivity index (χ3n) is 4.79. The van der Waals surface area contributed by atoms with Crippen LogP contribution in [0.15, 0.2) is 59.5 Å². The van der Waals surface area contributed by atoms with Gasteiger partial charge in [-0.05, 0) is 36.2 Å². The highest BCUT2D eigenvalue weighted by molar-refractivity contribution is 7.89. The van der Waals surface area contributed by atoms with Crippen LogP contribution in [0.1, 0.15) is 25.3 Å². The van der Waals surface area contributed by atoms with E-state index in [9.17, 15) is 8.42 Å². The summed E-state index contributed by atoms with van der Waals surface area (Å²) < 4.78 is 45.2. The third-order valence-corrected chi connectivity index (χ3v) is 6.25. The standard InChI is InChI=1S/C22H23NO5S/c1-2-3-12-26-19-10-11-22(18-7-5-4-6-17(18)19)29(24,25)23-14-16-8-9-20-21(13-16)28-15-27-20/h4-11,13,23H,2-3,12,14-15H2,1H3. The van der Waals surface area contributed by atoms with Gasteiger partial charge in [0.25, 0.3) is 0 Å². The molecule has 0 fully saturated rings. The normalized spacial score (nSPS) is 13.0. The lowest BCUT2D eigenvalue weighted by atomic mass is 10.1. The Bertz CT molecular complexity index is 1130. The fourth-order valence-corrected chi connectivity index (χ4v) is 4.46. The quantitative estimate of drug-likeness (QED) is 0.560. The van der Waals surface area contributed by atoms with E-state index in [2.05, 4.69) is 11.6 Å². The van der Waals surface area contributed by atoms with Crippen molar-refractivity contribution >= 4 is 20.8 Å². The van der Waals surface area contributed by atoms with Gasteiger partial charge in [-0.25, -0.2) is 13.1 Å². The van der Waals surface area contributed by atoms with Gasteiger partial charge in [-0.2, -0.15) is 0 Å². The van der Waals surface area contributed by atoms with E-state index in [4.69, 9.17) is 14.2 Å². The van der Waals surface area contributed by atoms with Crippen molar-refractivity contribution in [2.45, 2.75) is 31.2 Å². The van der Waals surface area contributed by atoms with Gasteiger partial charge in [0.05, 0.1) is 11.5 Å². The maximum Gasteiger partial charge on any atom is 0.241 e. The van der Waals surface area contributed by atoms with Crippen molar-refractivity contribution in [1.82, 2.24) is 4.72 Å². The predicted octanol–water partition coefficient (Wildman–Crippen LogP) is 4.23. The molecule has 0 radical (unpaired) electrons. The molecule has 0 bridgehead atoms. The van der Waals surface area contributed by atoms with E-state index in [1.165, 1.54) is 0 Å². The van der Waals surface area contributed by atoms with E-state index in [1.807, 2.05) is 24.3 Å². The molecule has 6 nitrogen and oxygen atoms in total. The molecule has 152 valence electrons. The number of rotatable bonds is 8. The van der Waals surface area contributed by atoms with Gasteiger partial charge >= 0.3 is 0 Å². The van der Waals surface area contributed by atoms with Gasteiger partial charge in [0.1, 0.15) is 5.75 Å². The highest BCUT2D eigenvalue weighted by Gasteiger charge is 2.20. The molecule has 1 N–H and O–H groups in total. The molecular weight excluding hydrogens is 390 g/mol. The molecular formula is C22H23NO5S. The third kappa shape index (κ3) is 4.16. The van der Waals surface area contributed by atoms with E-state index in [-0.39, 0.29) is 18.2 Å². The van der Waals surface area contributed by atoms with Gasteiger partial charge in [-0.15, -0.1) is 0 Å². The van der Waals surface area contributed by atoms with Crippen LogP contribution < -0.4 is 18.9 Å². The van der Waals surface area contributed by atoms with Gasteiger partial charge in [0.15, 0.2) is 11.5 Å². The van der Waals surface area contributed by atoms with Crippen molar-refractivity contribution in [2.75, 3.05) is 13.4 Å². The largest absolute Gasteiger partial charge is 0.493 e. The lowest BCUT2D eigenvalue weighted by Crippen LogP contribution is -2.23. The number of benzene rings is 3. The Hall–Kier alpha value is -2.77. The SMILES string of the molecule is CCCCOc1ccc(S(=O)(=O)NCc2ccc3c(c2)OCO3)c2ccccc12. The van der Waals surface area contributed by atoms with E-state index in [0.717, 1.165) is 23.8 Å². The molecule has 4 rings (SSSR count). The maximum absolute atomic E-state index is 13.0. The van der Waals surface area contributed by atoms with Crippen molar-refractivity contribution in [3.8, 4) is 17.2 Å². The van der Waals surface area contributed by atoms with Crippen LogP contribution in [0, 0.1) is 0 Å². The molecule has 1 aliphatic heterocycles. The summed E-state index contributed by atoms with van der Waals surface area (Å²) in [6.07, 6.45) is 1.99. The Morgan fingerprint density at radius 3 is 2.62 bits per heavy atom. The Morgan fingerprint density at radius 2 is 1.79 bits per heavy atom. The molecule has 0 aliphatic carbocycles. The van der Waals surface area contributed by atoms with E-state index in [1.54, 1.807) is 30.3 Å². The van der Waals surface area contributed by atoms with Crippen LogP contribution in [0.25, 0.3) is 10.8 Å². The molecule has 7 heteroatoms. The first-order chi connectivity index (χ1) is 14.1. The fraction of sp³-hybridized carbons (Fsp3) is 0.273. The number of nitrogens with one attached hydrogen (secondary N) is 1. The highest BCUT2D eigenvalue weighted by atomic mass is 32.2. The Kier molecular flexibility index (Phi) is 5.60. The van der Waals surface area contributed by atoms with Crippen molar-refractivity contribution in [1.29, 1.82) is 0 Å². The number of unbranched alkanes of at least 4 members (excludes halogenated alkanes) is 1. The van der Waals surface area contributed by atoms with Crippen LogP contribution in [-0.2, 0) is 16.6 Å². The van der Waals surface area contributed by atoms with Crippen LogP contribution in [0.3, 0.4) is 0 Å². The second-order valence-corrected chi connectivity index (χ2v) is 8.56. The maximum atomic E-state index is 13.0. The molecule has 0 saturated heterocycles. The fourth-order valence-electron chi connectivity index (χ4n) is 3.24. The first kappa shape index (κ1) is 19.5. The van der Waals surface area contributed by atoms with Crippen LogP contribution >= 0.6 is 0 Å². The summed E-state index contributed by atoms with van der Waals surface area (Å²) in [7, 11) is -3.72. The minimum absolute atomic E-state index is 0.155. The Balaban J connectivity index is 1.58. The second kappa shape index (κ2) is 8.31. The van der Waals surface area contributed by atoms with Crippen LogP contribution in [0.2, 0.25) is 0 Å². The van der Waals surface area contributed by atoms with Crippen LogP contribution in [0.4, 0.5) is 0 Å². The minimum Gasteiger partial charge on any atom is -0.493 e. The summed E-state index contributed by atoms with van der Waals surface area (Å²) in [6.45, 7) is 3.04. The number of hydrogen-bond acceptors (Lipinski definition) is 5. The summed E-state index contributed by atoms with van der Waals surface area (Å²) in [5.74, 6) is 1.99. The lowest BCUT2D eigenvalue weighted by Gasteiger charge is -2.13. The summed E-state index contributed by atoms with van der Waals surface area (Å²) >= 11 is 0. The van der Waals surface area contributed by atoms with Crippen molar-refractivity contribution in [3.63, 3.8) is 0 Å². The number of hydrogen-bond donors (Lipinski definition) is 1. The van der Waals surface area contributed by atoms with E-state index < -0.39 is 10.0 Å². The summed E-state index contributed by atoms with van der Waals surface area (Å²) in [5, 5.41) is 1.43. The summed E-state index contributed by atoms with van der Waals surface area (Å²) in [6, 6.07) is 16.1. The lowest BCUT2D eigenvalue weighted by molar-refractivity contribution is 0.174. The van der Waals surface area contributed by atoms with Crippen LogP contribution in [0.5, 0.6) is 17.2 Å². The summed E-state index contributed by atoms with van der Waals surface area (Å²) in [4.78, 5) is 0.233. The molecule has 3 aromatic rings. The van der Waals surface area contributed by atoms with Crippen LogP contribution in [-0.4, -0.2) is 21.8 Å². The Morgan fingerprint density at radius 1 is 1.00 bits per heavy atom. The molecule has 0 spiro atoms. The smallest absolute Gasteiger partial charge is 0.241 e. The predicted molar refractivity (Wildman–Crippen MR) is 111 cm³/mol. The van der Waals surface area contributed by atoms with Gasteiger partial charge in [0, 0.05) is 17.3 Å². The average Bonchev–Trinajstić information content (AvgIpc) is 3.20. The van der Waals surface area contributed by atoms with Gasteiger partial charge < -0.3 is 14.2 Å². The van der Waals surface area contributed by atoms with Crippen molar-refractivity contribution < 1.29 is 22.6 Å². The minimum atomic E-state index is -3.72. The summed E-state index contributed by atoms with van der Waals surface area (Å²) in [5.41, 5.74) is 0.793. The molecule has 0 amide bonds. The van der Waals surface area contributed by atoms with Gasteiger partial charge in [-0.1, -0.05) is 43.7 Å². The first-order valence-corrected chi connectivity index (χ1v) is 11.1. The van der Waals surface area contributed by atoms with Gasteiger partial charge in [0.2, 0.25) is 16.8 Å². The molecule has 0 saturated carbocycles. The second-order valence-electron chi connectivity index (χ2n) is 6.82. The molecule has 29 heavy (non-hydrogen) atoms. The molecule has 0 unspecified atom stereocenters. The average molecular weight is 413 g/mol. The zero-order chi connectivity index (χ0) is 20.3. The van der Waals surface area contributed by atoms with Gasteiger partial charge in [-0.3, -0.25) is 0 Å². The highest BCUT2D eigenvalue weighted by Crippen LogP contribution is 2.33. The monoisotopic (exact) mass is 413 g/mol. The first-order valence-electron chi connectivity index (χ1n) is 9.61. The van der Waals surface area contributed by atoms with E-state index in [0.29, 0.717) is 29.2 Å². The number of sulfonamides is 1. The van der Waals surface area contributed by atoms with Crippen molar-refractivity contribution in [2.24, 2.45) is 0 Å². The topological polar surface area (TPSA) is 73.9 Å². The number of fused-ring (bicyclic) bond motifs is 2.